The highest BCUT2D eigenvalue weighted by molar-refractivity contribution is 6.28. The first kappa shape index (κ1) is 13.0. The number of nitrogens with zero attached hydrogens (tertiary/aromatic N) is 3. The van der Waals surface area contributed by atoms with Gasteiger partial charge in [-0.2, -0.15) is 4.98 Å². The molecule has 5 nitrogen and oxygen atoms in total. The molecule has 0 aliphatic carbocycles. The Labute approximate surface area is 100 Å². The lowest BCUT2D eigenvalue weighted by molar-refractivity contribution is 0.289. The van der Waals surface area contributed by atoms with E-state index in [1.807, 2.05) is 11.8 Å². The van der Waals surface area contributed by atoms with Crippen molar-refractivity contribution in [1.82, 2.24) is 9.97 Å². The summed E-state index contributed by atoms with van der Waals surface area (Å²) in [5.41, 5.74) is 7.14. The fraction of sp³-hybridized carbons (Fsp3) is 0.600. The molecule has 0 radical (unpaired) electrons. The predicted octanol–water partition coefficient (Wildman–Crippen LogP) is 1.23. The van der Waals surface area contributed by atoms with Crippen LogP contribution in [0.5, 0.6) is 0 Å². The van der Waals surface area contributed by atoms with Crippen LogP contribution < -0.4 is 10.6 Å². The van der Waals surface area contributed by atoms with Crippen molar-refractivity contribution in [3.63, 3.8) is 0 Å². The minimum atomic E-state index is 0.147. The van der Waals surface area contributed by atoms with Crippen molar-refractivity contribution < 1.29 is 5.11 Å². The number of halogens is 1. The Morgan fingerprint density at radius 3 is 2.69 bits per heavy atom. The Hall–Kier alpha value is -1.07. The van der Waals surface area contributed by atoms with Crippen LogP contribution in [0.1, 0.15) is 19.0 Å². The number of nitrogens with two attached hydrogens (primary N) is 1. The fourth-order valence-corrected chi connectivity index (χ4v) is 1.66. The Morgan fingerprint density at radius 1 is 1.44 bits per heavy atom. The lowest BCUT2D eigenvalue weighted by atomic mass is 10.3. The summed E-state index contributed by atoms with van der Waals surface area (Å²) in [7, 11) is 0. The molecule has 0 spiro atoms. The minimum Gasteiger partial charge on any atom is -0.396 e. The number of aliphatic hydroxyl groups excluding tert-OH is 1. The van der Waals surface area contributed by atoms with Crippen molar-refractivity contribution >= 4 is 23.1 Å². The molecule has 0 unspecified atom stereocenters. The van der Waals surface area contributed by atoms with Gasteiger partial charge >= 0.3 is 0 Å². The number of aliphatic hydroxyl groups is 1. The van der Waals surface area contributed by atoms with Gasteiger partial charge in [-0.1, -0.05) is 0 Å². The molecule has 0 aliphatic heterocycles. The predicted molar refractivity (Wildman–Crippen MR) is 65.8 cm³/mol. The maximum atomic E-state index is 8.82. The molecule has 1 heterocycles. The highest BCUT2D eigenvalue weighted by Crippen LogP contribution is 2.24. The molecule has 1 aromatic heterocycles. The van der Waals surface area contributed by atoms with Crippen LogP contribution in [-0.2, 0) is 0 Å². The van der Waals surface area contributed by atoms with E-state index < -0.39 is 0 Å². The molecule has 0 fully saturated rings. The molecule has 0 saturated heterocycles. The molecule has 3 N–H and O–H groups in total. The van der Waals surface area contributed by atoms with Crippen molar-refractivity contribution in [3.8, 4) is 0 Å². The van der Waals surface area contributed by atoms with Crippen molar-refractivity contribution in [2.45, 2.75) is 20.3 Å². The number of anilines is 2. The van der Waals surface area contributed by atoms with E-state index in [4.69, 9.17) is 22.4 Å². The first-order chi connectivity index (χ1) is 7.60. The Kier molecular flexibility index (Phi) is 4.76. The number of aromatic nitrogens is 2. The summed E-state index contributed by atoms with van der Waals surface area (Å²) in [6.45, 7) is 5.41. The summed E-state index contributed by atoms with van der Waals surface area (Å²) in [5.74, 6) is 0.647. The van der Waals surface area contributed by atoms with Gasteiger partial charge in [0.05, 0.1) is 11.4 Å². The average Bonchev–Trinajstić information content (AvgIpc) is 2.25. The van der Waals surface area contributed by atoms with Crippen molar-refractivity contribution in [3.05, 3.63) is 11.0 Å². The van der Waals surface area contributed by atoms with Gasteiger partial charge in [0, 0.05) is 19.7 Å². The van der Waals surface area contributed by atoms with E-state index in [9.17, 15) is 0 Å². The van der Waals surface area contributed by atoms with Gasteiger partial charge < -0.3 is 15.7 Å². The number of nitrogen functional groups attached to an aromatic ring is 1. The number of rotatable bonds is 5. The largest absolute Gasteiger partial charge is 0.396 e. The van der Waals surface area contributed by atoms with Gasteiger partial charge in [-0.05, 0) is 31.9 Å². The molecule has 90 valence electrons. The van der Waals surface area contributed by atoms with Gasteiger partial charge in [0.1, 0.15) is 0 Å². The molecule has 0 amide bonds. The molecule has 0 saturated carbocycles. The van der Waals surface area contributed by atoms with Crippen molar-refractivity contribution in [1.29, 1.82) is 0 Å². The minimum absolute atomic E-state index is 0.147. The molecule has 1 aromatic rings. The molecule has 6 heteroatoms. The molecule has 0 aromatic carbocycles. The van der Waals surface area contributed by atoms with Gasteiger partial charge in [0.15, 0.2) is 5.82 Å². The first-order valence-corrected chi connectivity index (χ1v) is 5.63. The highest BCUT2D eigenvalue weighted by atomic mass is 35.5. The van der Waals surface area contributed by atoms with Gasteiger partial charge in [0.25, 0.3) is 0 Å². The van der Waals surface area contributed by atoms with Crippen LogP contribution in [0.2, 0.25) is 5.28 Å². The molecule has 0 atom stereocenters. The van der Waals surface area contributed by atoms with E-state index in [0.717, 1.165) is 6.54 Å². The van der Waals surface area contributed by atoms with Crippen LogP contribution in [0.25, 0.3) is 0 Å². The van der Waals surface area contributed by atoms with Crippen LogP contribution in [0.4, 0.5) is 11.5 Å². The van der Waals surface area contributed by atoms with Gasteiger partial charge in [-0.25, -0.2) is 4.98 Å². The lowest BCUT2D eigenvalue weighted by Gasteiger charge is -2.23. The standard InChI is InChI=1S/C10H17ClN4O/c1-3-15(5-4-6-16)9-8(12)7(2)13-10(11)14-9/h16H,3-6,12H2,1-2H3. The smallest absolute Gasteiger partial charge is 0.224 e. The molecule has 16 heavy (non-hydrogen) atoms. The third kappa shape index (κ3) is 2.96. The summed E-state index contributed by atoms with van der Waals surface area (Å²) in [6, 6.07) is 0. The molecular formula is C10H17ClN4O. The summed E-state index contributed by atoms with van der Waals surface area (Å²) >= 11 is 5.80. The van der Waals surface area contributed by atoms with E-state index in [1.54, 1.807) is 6.92 Å². The third-order valence-corrected chi connectivity index (χ3v) is 2.53. The van der Waals surface area contributed by atoms with E-state index in [1.165, 1.54) is 0 Å². The lowest BCUT2D eigenvalue weighted by Crippen LogP contribution is -2.27. The van der Waals surface area contributed by atoms with E-state index >= 15 is 0 Å². The SMILES string of the molecule is CCN(CCCO)c1nc(Cl)nc(C)c1N. The van der Waals surface area contributed by atoms with Crippen LogP contribution in [-0.4, -0.2) is 34.8 Å². The van der Waals surface area contributed by atoms with Gasteiger partial charge in [-0.15, -0.1) is 0 Å². The summed E-state index contributed by atoms with van der Waals surface area (Å²) < 4.78 is 0. The number of hydrogen-bond acceptors (Lipinski definition) is 5. The van der Waals surface area contributed by atoms with Gasteiger partial charge in [0.2, 0.25) is 5.28 Å². The number of aryl methyl sites for hydroxylation is 1. The summed E-state index contributed by atoms with van der Waals surface area (Å²) in [5, 5.41) is 9.02. The van der Waals surface area contributed by atoms with Crippen molar-refractivity contribution in [2.24, 2.45) is 0 Å². The van der Waals surface area contributed by atoms with E-state index in [2.05, 4.69) is 9.97 Å². The Balaban J connectivity index is 2.99. The second-order valence-corrected chi connectivity index (χ2v) is 3.81. The van der Waals surface area contributed by atoms with Crippen molar-refractivity contribution in [2.75, 3.05) is 30.3 Å². The monoisotopic (exact) mass is 244 g/mol. The molecule has 0 bridgehead atoms. The summed E-state index contributed by atoms with van der Waals surface area (Å²) in [4.78, 5) is 10.1. The van der Waals surface area contributed by atoms with Crippen LogP contribution in [0, 0.1) is 6.92 Å². The zero-order valence-electron chi connectivity index (χ0n) is 9.57. The molecule has 0 aliphatic rings. The maximum Gasteiger partial charge on any atom is 0.224 e. The first-order valence-electron chi connectivity index (χ1n) is 5.25. The van der Waals surface area contributed by atoms with Gasteiger partial charge in [-0.3, -0.25) is 0 Å². The van der Waals surface area contributed by atoms with E-state index in [-0.39, 0.29) is 11.9 Å². The second-order valence-electron chi connectivity index (χ2n) is 3.47. The van der Waals surface area contributed by atoms with Crippen LogP contribution in [0.15, 0.2) is 0 Å². The zero-order chi connectivity index (χ0) is 12.1. The summed E-state index contributed by atoms with van der Waals surface area (Å²) in [6.07, 6.45) is 0.675. The molecule has 1 rings (SSSR count). The highest BCUT2D eigenvalue weighted by Gasteiger charge is 2.13. The van der Waals surface area contributed by atoms with E-state index in [0.29, 0.717) is 30.2 Å². The average molecular weight is 245 g/mol. The zero-order valence-corrected chi connectivity index (χ0v) is 10.3. The van der Waals surface area contributed by atoms with Crippen LogP contribution >= 0.6 is 11.6 Å². The van der Waals surface area contributed by atoms with Crippen LogP contribution in [0.3, 0.4) is 0 Å². The third-order valence-electron chi connectivity index (χ3n) is 2.36. The normalized spacial score (nSPS) is 10.5. The molecular weight excluding hydrogens is 228 g/mol. The topological polar surface area (TPSA) is 75.3 Å². The fourth-order valence-electron chi connectivity index (χ4n) is 1.45. The Morgan fingerprint density at radius 2 is 2.12 bits per heavy atom. The Bertz CT molecular complexity index is 359. The number of hydrogen-bond donors (Lipinski definition) is 2. The quantitative estimate of drug-likeness (QED) is 0.762. The second kappa shape index (κ2) is 5.86. The maximum absolute atomic E-state index is 8.82.